The van der Waals surface area contributed by atoms with E-state index in [1.54, 1.807) is 6.07 Å². The highest BCUT2D eigenvalue weighted by Gasteiger charge is 2.37. The van der Waals surface area contributed by atoms with Gasteiger partial charge in [0.05, 0.1) is 12.4 Å². The highest BCUT2D eigenvalue weighted by Crippen LogP contribution is 2.27. The number of aliphatic hydroxyl groups excluding tert-OH is 1. The lowest BCUT2D eigenvalue weighted by atomic mass is 9.93. The van der Waals surface area contributed by atoms with E-state index in [1.807, 2.05) is 0 Å². The Morgan fingerprint density at radius 2 is 1.58 bits per heavy atom. The van der Waals surface area contributed by atoms with E-state index in [2.05, 4.69) is 0 Å². The molecule has 7 heteroatoms. The van der Waals surface area contributed by atoms with E-state index in [9.17, 15) is 18.0 Å². The molecule has 0 bridgehead atoms. The molecule has 0 saturated carbocycles. The number of rotatable bonds is 3. The number of benzene rings is 1. The highest BCUT2D eigenvalue weighted by atomic mass is 32.2. The zero-order chi connectivity index (χ0) is 14.2. The van der Waals surface area contributed by atoms with E-state index in [0.717, 1.165) is 0 Å². The Labute approximate surface area is 109 Å². The van der Waals surface area contributed by atoms with Crippen LogP contribution in [0.3, 0.4) is 0 Å². The van der Waals surface area contributed by atoms with Crippen LogP contribution >= 0.6 is 0 Å². The fourth-order valence-corrected chi connectivity index (χ4v) is 3.17. The van der Waals surface area contributed by atoms with Gasteiger partial charge in [0.15, 0.2) is 9.84 Å². The predicted octanol–water partition coefficient (Wildman–Crippen LogP) is -0.357. The SMILES string of the molecule is NC1=C(S(=O)(=O)CCO)C(=O)c2ccccc2C1=O. The van der Waals surface area contributed by atoms with E-state index < -0.39 is 44.4 Å². The minimum atomic E-state index is -4.07. The van der Waals surface area contributed by atoms with Crippen LogP contribution in [0.5, 0.6) is 0 Å². The molecular weight excluding hydrogens is 270 g/mol. The molecule has 100 valence electrons. The first kappa shape index (κ1) is 13.4. The van der Waals surface area contributed by atoms with Gasteiger partial charge in [-0.2, -0.15) is 0 Å². The molecule has 0 heterocycles. The summed E-state index contributed by atoms with van der Waals surface area (Å²) in [5.41, 5.74) is 5.01. The van der Waals surface area contributed by atoms with Gasteiger partial charge in [0.25, 0.3) is 0 Å². The maximum Gasteiger partial charge on any atom is 0.210 e. The van der Waals surface area contributed by atoms with Crippen molar-refractivity contribution in [3.05, 3.63) is 46.0 Å². The van der Waals surface area contributed by atoms with Crippen molar-refractivity contribution in [2.45, 2.75) is 0 Å². The second-order valence-corrected chi connectivity index (χ2v) is 6.04. The smallest absolute Gasteiger partial charge is 0.210 e. The second-order valence-electron chi connectivity index (χ2n) is 3.99. The van der Waals surface area contributed by atoms with Crippen molar-refractivity contribution in [1.29, 1.82) is 0 Å². The Hall–Kier alpha value is -1.99. The number of carbonyl (C=O) groups excluding carboxylic acids is 2. The van der Waals surface area contributed by atoms with Crippen LogP contribution in [0.1, 0.15) is 20.7 Å². The molecule has 1 aliphatic rings. The van der Waals surface area contributed by atoms with Crippen LogP contribution in [0.15, 0.2) is 34.9 Å². The molecule has 0 aliphatic heterocycles. The first-order valence-electron chi connectivity index (χ1n) is 5.42. The van der Waals surface area contributed by atoms with E-state index in [4.69, 9.17) is 10.8 Å². The van der Waals surface area contributed by atoms with E-state index in [0.29, 0.717) is 0 Å². The number of hydrogen-bond acceptors (Lipinski definition) is 6. The molecule has 0 unspecified atom stereocenters. The van der Waals surface area contributed by atoms with Gasteiger partial charge in [-0.3, -0.25) is 9.59 Å². The summed E-state index contributed by atoms with van der Waals surface area (Å²) in [6.07, 6.45) is 0. The van der Waals surface area contributed by atoms with Crippen LogP contribution < -0.4 is 5.73 Å². The minimum absolute atomic E-state index is 0.0122. The van der Waals surface area contributed by atoms with Crippen molar-refractivity contribution in [3.63, 3.8) is 0 Å². The molecule has 0 saturated heterocycles. The number of aliphatic hydroxyl groups is 1. The number of fused-ring (bicyclic) bond motifs is 1. The molecule has 0 atom stereocenters. The molecule has 0 radical (unpaired) electrons. The standard InChI is InChI=1S/C12H11NO5S/c13-9-10(15)7-3-1-2-4-8(7)11(16)12(9)19(17,18)6-5-14/h1-4,14H,5-6,13H2. The van der Waals surface area contributed by atoms with Gasteiger partial charge in [-0.25, -0.2) is 8.42 Å². The highest BCUT2D eigenvalue weighted by molar-refractivity contribution is 7.96. The average Bonchev–Trinajstić information content (AvgIpc) is 2.36. The maximum absolute atomic E-state index is 12.1. The van der Waals surface area contributed by atoms with E-state index >= 15 is 0 Å². The second kappa shape index (κ2) is 4.60. The van der Waals surface area contributed by atoms with Gasteiger partial charge >= 0.3 is 0 Å². The Morgan fingerprint density at radius 1 is 1.05 bits per heavy atom. The molecule has 1 aliphatic carbocycles. The van der Waals surface area contributed by atoms with Crippen molar-refractivity contribution in [1.82, 2.24) is 0 Å². The van der Waals surface area contributed by atoms with Gasteiger partial charge in [-0.1, -0.05) is 24.3 Å². The van der Waals surface area contributed by atoms with Crippen molar-refractivity contribution in [2.75, 3.05) is 12.4 Å². The zero-order valence-corrected chi connectivity index (χ0v) is 10.6. The Kier molecular flexibility index (Phi) is 3.25. The number of sulfone groups is 1. The average molecular weight is 281 g/mol. The molecule has 3 N–H and O–H groups in total. The lowest BCUT2D eigenvalue weighted by Gasteiger charge is -2.18. The number of ketones is 2. The van der Waals surface area contributed by atoms with Gasteiger partial charge < -0.3 is 10.8 Å². The summed E-state index contributed by atoms with van der Waals surface area (Å²) < 4.78 is 23.8. The molecule has 19 heavy (non-hydrogen) atoms. The first-order valence-corrected chi connectivity index (χ1v) is 7.07. The third kappa shape index (κ3) is 2.06. The van der Waals surface area contributed by atoms with Gasteiger partial charge in [0.2, 0.25) is 11.6 Å². The van der Waals surface area contributed by atoms with Crippen LogP contribution in [-0.4, -0.2) is 37.5 Å². The molecule has 0 fully saturated rings. The van der Waals surface area contributed by atoms with Gasteiger partial charge in [-0.05, 0) is 0 Å². The largest absolute Gasteiger partial charge is 0.395 e. The van der Waals surface area contributed by atoms with Gasteiger partial charge in [-0.15, -0.1) is 0 Å². The van der Waals surface area contributed by atoms with Crippen LogP contribution in [-0.2, 0) is 9.84 Å². The van der Waals surface area contributed by atoms with Crippen molar-refractivity contribution in [3.8, 4) is 0 Å². The number of nitrogens with two attached hydrogens (primary N) is 1. The summed E-state index contributed by atoms with van der Waals surface area (Å²) in [6.45, 7) is -0.651. The quantitative estimate of drug-likeness (QED) is 0.782. The van der Waals surface area contributed by atoms with E-state index in [1.165, 1.54) is 18.2 Å². The fourth-order valence-electron chi connectivity index (χ4n) is 1.90. The normalized spacial score (nSPS) is 15.6. The summed E-state index contributed by atoms with van der Waals surface area (Å²) in [5.74, 6) is -2.14. The molecule has 2 rings (SSSR count). The topological polar surface area (TPSA) is 115 Å². The van der Waals surface area contributed by atoms with Gasteiger partial charge in [0, 0.05) is 11.1 Å². The number of carbonyl (C=O) groups is 2. The van der Waals surface area contributed by atoms with Gasteiger partial charge in [0.1, 0.15) is 10.6 Å². The predicted molar refractivity (Wildman–Crippen MR) is 67.2 cm³/mol. The summed E-state index contributed by atoms with van der Waals surface area (Å²) >= 11 is 0. The number of allylic oxidation sites excluding steroid dienone is 2. The Morgan fingerprint density at radius 3 is 2.11 bits per heavy atom. The fraction of sp³-hybridized carbons (Fsp3) is 0.167. The monoisotopic (exact) mass is 281 g/mol. The molecular formula is C12H11NO5S. The first-order chi connectivity index (χ1) is 8.90. The summed E-state index contributed by atoms with van der Waals surface area (Å²) in [6, 6.07) is 5.88. The third-order valence-electron chi connectivity index (χ3n) is 2.78. The lowest BCUT2D eigenvalue weighted by Crippen LogP contribution is -2.31. The molecule has 0 spiro atoms. The summed E-state index contributed by atoms with van der Waals surface area (Å²) in [7, 11) is -4.07. The Balaban J connectivity index is 2.68. The minimum Gasteiger partial charge on any atom is -0.395 e. The van der Waals surface area contributed by atoms with Crippen LogP contribution in [0.2, 0.25) is 0 Å². The summed E-state index contributed by atoms with van der Waals surface area (Å²) in [4.78, 5) is 23.4. The Bertz CT molecular complexity index is 703. The van der Waals surface area contributed by atoms with Crippen LogP contribution in [0.4, 0.5) is 0 Å². The molecule has 1 aromatic rings. The molecule has 0 amide bonds. The third-order valence-corrected chi connectivity index (χ3v) is 4.53. The molecule has 0 aromatic heterocycles. The number of hydrogen-bond donors (Lipinski definition) is 2. The van der Waals surface area contributed by atoms with Crippen molar-refractivity contribution >= 4 is 21.4 Å². The van der Waals surface area contributed by atoms with Crippen LogP contribution in [0, 0.1) is 0 Å². The maximum atomic E-state index is 12.1. The number of Topliss-reactive ketones (excluding diaryl/α,β-unsaturated/α-hetero) is 2. The molecule has 1 aromatic carbocycles. The zero-order valence-electron chi connectivity index (χ0n) is 9.79. The van der Waals surface area contributed by atoms with Crippen molar-refractivity contribution in [2.24, 2.45) is 5.73 Å². The van der Waals surface area contributed by atoms with E-state index in [-0.39, 0.29) is 11.1 Å². The van der Waals surface area contributed by atoms with Crippen molar-refractivity contribution < 1.29 is 23.1 Å². The van der Waals surface area contributed by atoms with Crippen LogP contribution in [0.25, 0.3) is 0 Å². The summed E-state index contributed by atoms with van der Waals surface area (Å²) in [5, 5.41) is 8.73. The lowest BCUT2D eigenvalue weighted by molar-refractivity contribution is 0.0979. The molecule has 6 nitrogen and oxygen atoms in total.